The Morgan fingerprint density at radius 3 is 2.43 bits per heavy atom. The van der Waals surface area contributed by atoms with Gasteiger partial charge in [0.05, 0.1) is 6.07 Å². The van der Waals surface area contributed by atoms with Crippen molar-refractivity contribution in [1.82, 2.24) is 5.32 Å². The molecule has 0 bridgehead atoms. The van der Waals surface area contributed by atoms with Gasteiger partial charge in [-0.15, -0.1) is 0 Å². The number of nitrogens with zero attached hydrogens (tertiary/aromatic N) is 1. The summed E-state index contributed by atoms with van der Waals surface area (Å²) in [7, 11) is 0. The maximum Gasteiger partial charge on any atom is 0.252 e. The molecule has 21 heavy (non-hydrogen) atoms. The molecule has 0 spiro atoms. The molecular weight excluding hydrogens is 267 g/mol. The molecule has 1 aliphatic carbocycles. The third kappa shape index (κ3) is 3.81. The van der Waals surface area contributed by atoms with Gasteiger partial charge in [0.2, 0.25) is 0 Å². The van der Waals surface area contributed by atoms with E-state index in [4.69, 9.17) is 0 Å². The SMILES string of the molecule is Cc1cc(F)ccc1C(=O)NC1(C#N)CCCCCCC1. The zero-order valence-electron chi connectivity index (χ0n) is 12.4. The lowest BCUT2D eigenvalue weighted by Gasteiger charge is -2.30. The van der Waals surface area contributed by atoms with Gasteiger partial charge in [-0.05, 0) is 43.5 Å². The quantitative estimate of drug-likeness (QED) is 0.898. The topological polar surface area (TPSA) is 52.9 Å². The van der Waals surface area contributed by atoms with Gasteiger partial charge in [-0.1, -0.05) is 32.1 Å². The summed E-state index contributed by atoms with van der Waals surface area (Å²) in [5.74, 6) is -0.639. The number of halogens is 1. The Balaban J connectivity index is 2.16. The number of aryl methyl sites for hydroxylation is 1. The molecule has 3 nitrogen and oxygen atoms in total. The van der Waals surface area contributed by atoms with Crippen LogP contribution in [0.5, 0.6) is 0 Å². The van der Waals surface area contributed by atoms with Crippen LogP contribution in [0.2, 0.25) is 0 Å². The van der Waals surface area contributed by atoms with Crippen LogP contribution >= 0.6 is 0 Å². The summed E-state index contributed by atoms with van der Waals surface area (Å²) >= 11 is 0. The summed E-state index contributed by atoms with van der Waals surface area (Å²) in [6, 6.07) is 6.41. The van der Waals surface area contributed by atoms with Crippen LogP contribution in [-0.2, 0) is 0 Å². The Kier molecular flexibility index (Phi) is 4.95. The van der Waals surface area contributed by atoms with Crippen LogP contribution in [0.3, 0.4) is 0 Å². The molecule has 1 aromatic rings. The van der Waals surface area contributed by atoms with Gasteiger partial charge in [-0.25, -0.2) is 4.39 Å². The maximum absolute atomic E-state index is 13.1. The monoisotopic (exact) mass is 288 g/mol. The van der Waals surface area contributed by atoms with E-state index in [9.17, 15) is 14.4 Å². The van der Waals surface area contributed by atoms with Crippen molar-refractivity contribution in [2.24, 2.45) is 0 Å². The second kappa shape index (κ2) is 6.71. The lowest BCUT2D eigenvalue weighted by Crippen LogP contribution is -2.47. The minimum atomic E-state index is -0.779. The fourth-order valence-corrected chi connectivity index (χ4v) is 2.94. The summed E-state index contributed by atoms with van der Waals surface area (Å²) in [6.45, 7) is 1.70. The molecule has 0 aromatic heterocycles. The molecule has 0 atom stereocenters. The largest absolute Gasteiger partial charge is 0.334 e. The minimum absolute atomic E-state index is 0.283. The predicted octanol–water partition coefficient (Wildman–Crippen LogP) is 3.87. The number of hydrogen-bond donors (Lipinski definition) is 1. The van der Waals surface area contributed by atoms with E-state index in [0.29, 0.717) is 24.0 Å². The van der Waals surface area contributed by atoms with Crippen molar-refractivity contribution in [3.63, 3.8) is 0 Å². The lowest BCUT2D eigenvalue weighted by molar-refractivity contribution is 0.0907. The van der Waals surface area contributed by atoms with Gasteiger partial charge in [0.1, 0.15) is 11.4 Å². The fraction of sp³-hybridized carbons (Fsp3) is 0.529. The normalized spacial score (nSPS) is 18.1. The third-order valence-electron chi connectivity index (χ3n) is 4.21. The first-order chi connectivity index (χ1) is 10.1. The molecule has 0 saturated heterocycles. The summed E-state index contributed by atoms with van der Waals surface area (Å²) in [5.41, 5.74) is 0.248. The van der Waals surface area contributed by atoms with E-state index in [1.807, 2.05) is 0 Å². The first-order valence-corrected chi connectivity index (χ1v) is 7.56. The molecule has 1 amide bonds. The predicted molar refractivity (Wildman–Crippen MR) is 79.3 cm³/mol. The Hall–Kier alpha value is -1.89. The number of carbonyl (C=O) groups excluding carboxylic acids is 1. The van der Waals surface area contributed by atoms with Gasteiger partial charge >= 0.3 is 0 Å². The summed E-state index contributed by atoms with van der Waals surface area (Å²) in [5, 5.41) is 12.4. The molecule has 0 heterocycles. The maximum atomic E-state index is 13.1. The van der Waals surface area contributed by atoms with E-state index in [1.54, 1.807) is 6.92 Å². The Morgan fingerprint density at radius 2 is 1.86 bits per heavy atom. The van der Waals surface area contributed by atoms with Gasteiger partial charge in [0.15, 0.2) is 0 Å². The van der Waals surface area contributed by atoms with Gasteiger partial charge in [0, 0.05) is 5.56 Å². The smallest absolute Gasteiger partial charge is 0.252 e. The van der Waals surface area contributed by atoms with Crippen molar-refractivity contribution in [2.45, 2.75) is 57.4 Å². The first kappa shape index (κ1) is 15.5. The van der Waals surface area contributed by atoms with Crippen LogP contribution in [-0.4, -0.2) is 11.4 Å². The second-order valence-electron chi connectivity index (χ2n) is 5.88. The number of amides is 1. The van der Waals surface area contributed by atoms with Gasteiger partial charge in [-0.2, -0.15) is 5.26 Å². The Bertz CT molecular complexity index is 554. The Morgan fingerprint density at radius 1 is 1.24 bits per heavy atom. The van der Waals surface area contributed by atoms with Crippen molar-refractivity contribution >= 4 is 5.91 Å². The third-order valence-corrected chi connectivity index (χ3v) is 4.21. The number of hydrogen-bond acceptors (Lipinski definition) is 2. The summed E-state index contributed by atoms with van der Waals surface area (Å²) in [4.78, 5) is 12.4. The van der Waals surface area contributed by atoms with Crippen molar-refractivity contribution < 1.29 is 9.18 Å². The van der Waals surface area contributed by atoms with Crippen LogP contribution in [0.15, 0.2) is 18.2 Å². The highest BCUT2D eigenvalue weighted by molar-refractivity contribution is 5.96. The zero-order valence-corrected chi connectivity index (χ0v) is 12.4. The van der Waals surface area contributed by atoms with Gasteiger partial charge in [-0.3, -0.25) is 4.79 Å². The number of nitriles is 1. The van der Waals surface area contributed by atoms with Crippen LogP contribution < -0.4 is 5.32 Å². The van der Waals surface area contributed by atoms with Gasteiger partial charge in [0.25, 0.3) is 5.91 Å². The van der Waals surface area contributed by atoms with Gasteiger partial charge < -0.3 is 5.32 Å². The standard InChI is InChI=1S/C17H21FN2O/c1-13-11-14(18)7-8-15(13)16(21)20-17(12-19)9-5-3-2-4-6-10-17/h7-8,11H,2-6,9-10H2,1H3,(H,20,21). The molecule has 1 N–H and O–H groups in total. The highest BCUT2D eigenvalue weighted by atomic mass is 19.1. The lowest BCUT2D eigenvalue weighted by atomic mass is 9.84. The van der Waals surface area contributed by atoms with Crippen molar-refractivity contribution in [2.75, 3.05) is 0 Å². The fourth-order valence-electron chi connectivity index (χ4n) is 2.94. The van der Waals surface area contributed by atoms with E-state index in [-0.39, 0.29) is 11.7 Å². The minimum Gasteiger partial charge on any atom is -0.334 e. The molecule has 1 fully saturated rings. The molecule has 112 valence electrons. The molecule has 1 saturated carbocycles. The van der Waals surface area contributed by atoms with E-state index < -0.39 is 5.54 Å². The van der Waals surface area contributed by atoms with Crippen LogP contribution in [0.1, 0.15) is 60.9 Å². The zero-order chi connectivity index (χ0) is 15.3. The molecule has 1 aromatic carbocycles. The van der Waals surface area contributed by atoms with Crippen molar-refractivity contribution in [3.05, 3.63) is 35.1 Å². The molecule has 0 radical (unpaired) electrons. The first-order valence-electron chi connectivity index (χ1n) is 7.56. The average Bonchev–Trinajstić information content (AvgIpc) is 2.42. The van der Waals surface area contributed by atoms with Crippen LogP contribution in [0.4, 0.5) is 4.39 Å². The van der Waals surface area contributed by atoms with Crippen LogP contribution in [0.25, 0.3) is 0 Å². The molecule has 4 heteroatoms. The van der Waals surface area contributed by atoms with Crippen LogP contribution in [0, 0.1) is 24.1 Å². The summed E-state index contributed by atoms with van der Waals surface area (Å²) in [6.07, 6.45) is 6.70. The molecule has 2 rings (SSSR count). The van der Waals surface area contributed by atoms with Crippen molar-refractivity contribution in [1.29, 1.82) is 5.26 Å². The average molecular weight is 288 g/mol. The molecule has 0 unspecified atom stereocenters. The van der Waals surface area contributed by atoms with E-state index >= 15 is 0 Å². The summed E-state index contributed by atoms with van der Waals surface area (Å²) < 4.78 is 13.1. The van der Waals surface area contributed by atoms with E-state index in [1.165, 1.54) is 24.6 Å². The molecule has 1 aliphatic rings. The molecule has 0 aliphatic heterocycles. The van der Waals surface area contributed by atoms with E-state index in [2.05, 4.69) is 11.4 Å². The van der Waals surface area contributed by atoms with E-state index in [0.717, 1.165) is 25.7 Å². The number of nitrogens with one attached hydrogen (secondary N) is 1. The number of rotatable bonds is 2. The second-order valence-corrected chi connectivity index (χ2v) is 5.88. The van der Waals surface area contributed by atoms with Crippen molar-refractivity contribution in [3.8, 4) is 6.07 Å². The number of benzene rings is 1. The highest BCUT2D eigenvalue weighted by Crippen LogP contribution is 2.26. The molecular formula is C17H21FN2O. The highest BCUT2D eigenvalue weighted by Gasteiger charge is 2.32. The Labute approximate surface area is 125 Å². The number of carbonyl (C=O) groups is 1.